The van der Waals surface area contributed by atoms with Crippen molar-refractivity contribution in [1.29, 1.82) is 0 Å². The molecule has 0 saturated heterocycles. The van der Waals surface area contributed by atoms with E-state index in [-0.39, 0.29) is 6.04 Å². The summed E-state index contributed by atoms with van der Waals surface area (Å²) in [5.41, 5.74) is 5.42. The van der Waals surface area contributed by atoms with Gasteiger partial charge >= 0.3 is 0 Å². The summed E-state index contributed by atoms with van der Waals surface area (Å²) >= 11 is 8.01. The minimum atomic E-state index is 0.00676. The van der Waals surface area contributed by atoms with E-state index in [9.17, 15) is 0 Å². The number of methoxy groups -OCH3 is 1. The highest BCUT2D eigenvalue weighted by Crippen LogP contribution is 2.44. The molecule has 0 aliphatic heterocycles. The van der Waals surface area contributed by atoms with Crippen molar-refractivity contribution >= 4 is 22.9 Å². The van der Waals surface area contributed by atoms with Gasteiger partial charge in [0.15, 0.2) is 0 Å². The van der Waals surface area contributed by atoms with E-state index < -0.39 is 0 Å². The maximum Gasteiger partial charge on any atom is 0.123 e. The number of nitrogens with one attached hydrogen (secondary N) is 1. The number of fused-ring (bicyclic) bond motifs is 1. The van der Waals surface area contributed by atoms with Crippen LogP contribution in [0.15, 0.2) is 29.6 Å². The van der Waals surface area contributed by atoms with Gasteiger partial charge in [0.05, 0.1) is 13.2 Å². The molecule has 1 heterocycles. The highest BCUT2D eigenvalue weighted by molar-refractivity contribution is 7.10. The first kappa shape index (κ1) is 14.9. The highest BCUT2D eigenvalue weighted by Gasteiger charge is 2.31. The Morgan fingerprint density at radius 1 is 1.43 bits per heavy atom. The summed E-state index contributed by atoms with van der Waals surface area (Å²) in [5, 5.41) is 2.87. The van der Waals surface area contributed by atoms with E-state index in [1.165, 1.54) is 23.3 Å². The van der Waals surface area contributed by atoms with Gasteiger partial charge in [-0.1, -0.05) is 11.6 Å². The number of rotatable bonds is 4. The lowest BCUT2D eigenvalue weighted by Gasteiger charge is -2.31. The van der Waals surface area contributed by atoms with Crippen LogP contribution in [0.25, 0.3) is 0 Å². The molecule has 3 rings (SSSR count). The van der Waals surface area contributed by atoms with Crippen molar-refractivity contribution in [2.75, 3.05) is 7.11 Å². The average molecular weight is 323 g/mol. The Hall–Kier alpha value is -1.07. The number of hydrazine groups is 1. The molecule has 1 aliphatic rings. The Labute approximate surface area is 134 Å². The van der Waals surface area contributed by atoms with Crippen LogP contribution in [0.4, 0.5) is 0 Å². The van der Waals surface area contributed by atoms with Gasteiger partial charge in [0.25, 0.3) is 0 Å². The molecule has 0 radical (unpaired) electrons. The second kappa shape index (κ2) is 6.36. The fourth-order valence-electron chi connectivity index (χ4n) is 3.24. The van der Waals surface area contributed by atoms with Gasteiger partial charge in [0.2, 0.25) is 0 Å². The quantitative estimate of drug-likeness (QED) is 0.660. The van der Waals surface area contributed by atoms with Crippen molar-refractivity contribution in [2.24, 2.45) is 5.84 Å². The van der Waals surface area contributed by atoms with E-state index in [1.54, 1.807) is 7.11 Å². The third-order valence-corrected chi connectivity index (χ3v) is 5.44. The van der Waals surface area contributed by atoms with E-state index in [1.807, 2.05) is 29.5 Å². The predicted octanol–water partition coefficient (Wildman–Crippen LogP) is 4.03. The summed E-state index contributed by atoms with van der Waals surface area (Å²) in [6.45, 7) is 0. The lowest BCUT2D eigenvalue weighted by atomic mass is 9.80. The summed E-state index contributed by atoms with van der Waals surface area (Å²) in [4.78, 5) is 1.48. The van der Waals surface area contributed by atoms with Gasteiger partial charge in [0, 0.05) is 21.4 Å². The van der Waals surface area contributed by atoms with Gasteiger partial charge in [-0.15, -0.1) is 11.3 Å². The number of hydrogen-bond acceptors (Lipinski definition) is 4. The van der Waals surface area contributed by atoms with Crippen LogP contribution < -0.4 is 16.0 Å². The topological polar surface area (TPSA) is 47.3 Å². The second-order valence-corrected chi connectivity index (χ2v) is 6.77. The summed E-state index contributed by atoms with van der Waals surface area (Å²) < 4.78 is 5.49. The summed E-state index contributed by atoms with van der Waals surface area (Å²) in [6.07, 6.45) is 3.49. The van der Waals surface area contributed by atoms with Crippen molar-refractivity contribution in [1.82, 2.24) is 5.43 Å². The monoisotopic (exact) mass is 322 g/mol. The van der Waals surface area contributed by atoms with Crippen molar-refractivity contribution in [3.05, 3.63) is 50.7 Å². The van der Waals surface area contributed by atoms with Gasteiger partial charge in [-0.25, -0.2) is 0 Å². The predicted molar refractivity (Wildman–Crippen MR) is 88.1 cm³/mol. The Morgan fingerprint density at radius 3 is 3.05 bits per heavy atom. The highest BCUT2D eigenvalue weighted by atomic mass is 35.5. The third-order valence-electron chi connectivity index (χ3n) is 4.21. The Balaban J connectivity index is 2.02. The average Bonchev–Trinajstić information content (AvgIpc) is 2.97. The van der Waals surface area contributed by atoms with Crippen molar-refractivity contribution in [3.8, 4) is 5.75 Å². The first-order valence-corrected chi connectivity index (χ1v) is 8.36. The minimum Gasteiger partial charge on any atom is -0.496 e. The molecule has 1 aromatic heterocycles. The van der Waals surface area contributed by atoms with E-state index in [2.05, 4.69) is 16.9 Å². The third kappa shape index (κ3) is 2.81. The zero-order valence-corrected chi connectivity index (χ0v) is 13.5. The van der Waals surface area contributed by atoms with Crippen LogP contribution in [0.1, 0.15) is 40.8 Å². The molecular weight excluding hydrogens is 304 g/mol. The Kier molecular flexibility index (Phi) is 4.50. The van der Waals surface area contributed by atoms with Gasteiger partial charge < -0.3 is 4.74 Å². The van der Waals surface area contributed by atoms with Crippen LogP contribution in [0.5, 0.6) is 5.75 Å². The number of nitrogens with two attached hydrogens (primary N) is 1. The molecule has 0 spiro atoms. The van der Waals surface area contributed by atoms with Gasteiger partial charge in [-0.3, -0.25) is 11.3 Å². The summed E-state index contributed by atoms with van der Waals surface area (Å²) in [7, 11) is 1.68. The van der Waals surface area contributed by atoms with Crippen LogP contribution in [0.2, 0.25) is 5.02 Å². The van der Waals surface area contributed by atoms with Crippen LogP contribution in [0, 0.1) is 0 Å². The minimum absolute atomic E-state index is 0.00676. The standard InChI is InChI=1S/C16H19ClN2OS/c1-20-14-6-5-10(17)9-13(14)16(19-18)12-3-2-4-15-11(12)7-8-21-15/h5-9,12,16,19H,2-4,18H2,1H3. The summed E-state index contributed by atoms with van der Waals surface area (Å²) in [5.74, 6) is 7.07. The fraction of sp³-hybridized carbons (Fsp3) is 0.375. The molecule has 3 N–H and O–H groups in total. The summed E-state index contributed by atoms with van der Waals surface area (Å²) in [6, 6.07) is 7.93. The maximum absolute atomic E-state index is 6.17. The number of thiophene rings is 1. The molecule has 21 heavy (non-hydrogen) atoms. The number of hydrogen-bond donors (Lipinski definition) is 2. The number of benzene rings is 1. The van der Waals surface area contributed by atoms with Crippen molar-refractivity contribution in [2.45, 2.75) is 31.2 Å². The number of halogens is 1. The van der Waals surface area contributed by atoms with E-state index in [4.69, 9.17) is 22.2 Å². The molecule has 0 saturated carbocycles. The van der Waals surface area contributed by atoms with Crippen LogP contribution in [-0.2, 0) is 6.42 Å². The molecule has 0 fully saturated rings. The SMILES string of the molecule is COc1ccc(Cl)cc1C(NN)C1CCCc2sccc21. The molecule has 0 amide bonds. The molecule has 2 aromatic rings. The normalized spacial score (nSPS) is 19.1. The van der Waals surface area contributed by atoms with Gasteiger partial charge in [0.1, 0.15) is 5.75 Å². The van der Waals surface area contributed by atoms with Crippen molar-refractivity contribution < 1.29 is 4.74 Å². The molecule has 1 aromatic carbocycles. The molecule has 5 heteroatoms. The molecule has 0 bridgehead atoms. The first-order chi connectivity index (χ1) is 10.2. The van der Waals surface area contributed by atoms with E-state index in [0.717, 1.165) is 17.7 Å². The van der Waals surface area contributed by atoms with Crippen LogP contribution in [0.3, 0.4) is 0 Å². The van der Waals surface area contributed by atoms with Gasteiger partial charge in [-0.05, 0) is 54.5 Å². The van der Waals surface area contributed by atoms with Gasteiger partial charge in [-0.2, -0.15) is 0 Å². The number of aryl methyl sites for hydroxylation is 1. The Morgan fingerprint density at radius 2 is 2.29 bits per heavy atom. The number of ether oxygens (including phenoxy) is 1. The van der Waals surface area contributed by atoms with Crippen LogP contribution in [-0.4, -0.2) is 7.11 Å². The second-order valence-electron chi connectivity index (χ2n) is 5.33. The zero-order chi connectivity index (χ0) is 14.8. The molecule has 2 atom stereocenters. The zero-order valence-electron chi connectivity index (χ0n) is 11.9. The molecule has 2 unspecified atom stereocenters. The molecule has 112 valence electrons. The largest absolute Gasteiger partial charge is 0.496 e. The van der Waals surface area contributed by atoms with Crippen molar-refractivity contribution in [3.63, 3.8) is 0 Å². The van der Waals surface area contributed by atoms with E-state index >= 15 is 0 Å². The lowest BCUT2D eigenvalue weighted by molar-refractivity contribution is 0.372. The smallest absolute Gasteiger partial charge is 0.123 e. The van der Waals surface area contributed by atoms with Crippen LogP contribution >= 0.6 is 22.9 Å². The lowest BCUT2D eigenvalue weighted by Crippen LogP contribution is -2.34. The molecular formula is C16H19ClN2OS. The molecule has 1 aliphatic carbocycles. The maximum atomic E-state index is 6.17. The first-order valence-electron chi connectivity index (χ1n) is 7.10. The molecule has 3 nitrogen and oxygen atoms in total. The Bertz CT molecular complexity index is 628. The van der Waals surface area contributed by atoms with E-state index in [0.29, 0.717) is 10.9 Å². The fourth-order valence-corrected chi connectivity index (χ4v) is 4.42.